The van der Waals surface area contributed by atoms with Gasteiger partial charge in [0.2, 0.25) is 0 Å². The molecule has 1 N–H and O–H groups in total. The first-order valence-corrected chi connectivity index (χ1v) is 20.6. The van der Waals surface area contributed by atoms with E-state index in [-0.39, 0.29) is 24.8 Å². The number of halogens is 2. The fraction of sp³-hybridized carbons (Fsp3) is 0.222. The molecular weight excluding hydrogens is 508 g/mol. The van der Waals surface area contributed by atoms with Crippen molar-refractivity contribution in [2.24, 2.45) is 0 Å². The molecule has 0 heterocycles. The molecule has 121 valence electrons. The molecule has 1 atom stereocenters. The monoisotopic (exact) mass is 530 g/mol. The Morgan fingerprint density at radius 1 is 1.00 bits per heavy atom. The van der Waals surface area contributed by atoms with Crippen LogP contribution in [0.1, 0.15) is 20.4 Å². The van der Waals surface area contributed by atoms with E-state index in [1.807, 2.05) is 0 Å². The Kier molecular flexibility index (Phi) is 8.29. The molecule has 0 aliphatic heterocycles. The van der Waals surface area contributed by atoms with E-state index in [4.69, 9.17) is 0 Å². The fourth-order valence-electron chi connectivity index (χ4n) is 2.99. The molecule has 1 aliphatic carbocycles. The quantitative estimate of drug-likeness (QED) is 0.486. The number of aryl methyl sites for hydroxylation is 1. The summed E-state index contributed by atoms with van der Waals surface area (Å²) >= 11 is -1.89. The average molecular weight is 530 g/mol. The topological polar surface area (TPSA) is 12.0 Å². The Bertz CT molecular complexity index is 676. The molecule has 1 aliphatic rings. The van der Waals surface area contributed by atoms with Crippen molar-refractivity contribution in [2.45, 2.75) is 23.7 Å². The molecule has 0 aromatic heterocycles. The summed E-state index contributed by atoms with van der Waals surface area (Å²) in [6.07, 6.45) is 4.81. The summed E-state index contributed by atoms with van der Waals surface area (Å²) in [5, 5.41) is 0. The van der Waals surface area contributed by atoms with Crippen LogP contribution in [-0.4, -0.2) is 5.98 Å². The van der Waals surface area contributed by atoms with Crippen molar-refractivity contribution in [2.75, 3.05) is 3.30 Å². The Balaban J connectivity index is 0.00000132. The van der Waals surface area contributed by atoms with Crippen molar-refractivity contribution in [3.05, 3.63) is 71.3 Å². The van der Waals surface area contributed by atoms with E-state index < -0.39 is 26.9 Å². The number of fused-ring (bicyclic) bond motifs is 1. The molecule has 0 bridgehead atoms. The van der Waals surface area contributed by atoms with E-state index in [1.54, 1.807) is 5.56 Å². The molecule has 0 spiro atoms. The largest absolute Gasteiger partial charge is 1.00 e. The van der Waals surface area contributed by atoms with Crippen molar-refractivity contribution >= 4 is 17.7 Å². The molecule has 0 saturated carbocycles. The minimum atomic E-state index is -1.89. The van der Waals surface area contributed by atoms with Crippen LogP contribution in [-0.2, 0) is 20.9 Å². The van der Waals surface area contributed by atoms with Crippen LogP contribution in [0.4, 0.5) is 5.69 Å². The third kappa shape index (κ3) is 4.82. The summed E-state index contributed by atoms with van der Waals surface area (Å²) in [5.41, 5.74) is 5.70. The van der Waals surface area contributed by atoms with Crippen LogP contribution in [0, 0.1) is 6.92 Å². The SMILES string of the molecule is Cc1cccc([NH][Hf+2]([CH]2C=Cc3ccccc32)[SiH](C)C)c1.[Cl-].[Cl-]. The zero-order chi connectivity index (χ0) is 14.8. The van der Waals surface area contributed by atoms with E-state index in [0.717, 1.165) is 3.67 Å². The van der Waals surface area contributed by atoms with E-state index in [9.17, 15) is 0 Å². The van der Waals surface area contributed by atoms with Gasteiger partial charge < -0.3 is 24.8 Å². The number of anilines is 1. The number of allylic oxidation sites excluding steroid dienone is 1. The van der Waals surface area contributed by atoms with Gasteiger partial charge >= 0.3 is 137 Å². The van der Waals surface area contributed by atoms with Gasteiger partial charge in [0.05, 0.1) is 0 Å². The molecule has 0 amide bonds. The summed E-state index contributed by atoms with van der Waals surface area (Å²) < 4.78 is 4.75. The molecule has 0 saturated heterocycles. The summed E-state index contributed by atoms with van der Waals surface area (Å²) in [4.78, 5) is 0. The molecule has 2 aromatic rings. The molecule has 2 aromatic carbocycles. The van der Waals surface area contributed by atoms with E-state index in [2.05, 4.69) is 84.0 Å². The van der Waals surface area contributed by atoms with Gasteiger partial charge in [-0.05, 0) is 0 Å². The molecule has 23 heavy (non-hydrogen) atoms. The van der Waals surface area contributed by atoms with Gasteiger partial charge in [0.25, 0.3) is 0 Å². The van der Waals surface area contributed by atoms with Crippen molar-refractivity contribution < 1.29 is 45.7 Å². The van der Waals surface area contributed by atoms with Crippen LogP contribution < -0.4 is 28.1 Å². The van der Waals surface area contributed by atoms with Gasteiger partial charge in [0.1, 0.15) is 0 Å². The maximum Gasteiger partial charge on any atom is -1.00 e. The Morgan fingerprint density at radius 2 is 1.74 bits per heavy atom. The van der Waals surface area contributed by atoms with Crippen LogP contribution in [0.25, 0.3) is 6.08 Å². The maximum atomic E-state index is 4.03. The number of nitrogens with one attached hydrogen (secondary N) is 1. The number of rotatable bonds is 4. The summed E-state index contributed by atoms with van der Waals surface area (Å²) in [7, 11) is 0. The van der Waals surface area contributed by atoms with Gasteiger partial charge in [-0.2, -0.15) is 0 Å². The Morgan fingerprint density at radius 3 is 2.43 bits per heavy atom. The molecule has 1 nitrogen and oxygen atoms in total. The van der Waals surface area contributed by atoms with E-state index >= 15 is 0 Å². The second-order valence-corrected chi connectivity index (χ2v) is 32.3. The Hall–Kier alpha value is -0.353. The zero-order valence-corrected chi connectivity index (χ0v) is 19.9. The van der Waals surface area contributed by atoms with Crippen molar-refractivity contribution in [1.82, 2.24) is 0 Å². The molecular formula is C18H22Cl2HfNSi. The van der Waals surface area contributed by atoms with Crippen LogP contribution in [0.5, 0.6) is 0 Å². The minimum absolute atomic E-state index is 0. The smallest absolute Gasteiger partial charge is 1.00 e. The molecule has 0 fully saturated rings. The second kappa shape index (κ2) is 9.21. The van der Waals surface area contributed by atoms with Crippen LogP contribution >= 0.6 is 0 Å². The van der Waals surface area contributed by atoms with Gasteiger partial charge in [0.15, 0.2) is 0 Å². The Labute approximate surface area is 160 Å². The average Bonchev–Trinajstić information content (AvgIpc) is 2.88. The van der Waals surface area contributed by atoms with Gasteiger partial charge in [-0.3, -0.25) is 0 Å². The maximum absolute atomic E-state index is 4.03. The van der Waals surface area contributed by atoms with Crippen LogP contribution in [0.2, 0.25) is 13.1 Å². The number of hydrogen-bond donors (Lipinski definition) is 1. The van der Waals surface area contributed by atoms with E-state index in [1.165, 1.54) is 16.8 Å². The van der Waals surface area contributed by atoms with Gasteiger partial charge in [0, 0.05) is 0 Å². The number of benzene rings is 2. The summed E-state index contributed by atoms with van der Waals surface area (Å²) in [5.74, 6) is -0.632. The van der Waals surface area contributed by atoms with Crippen LogP contribution in [0.3, 0.4) is 0 Å². The van der Waals surface area contributed by atoms with Crippen LogP contribution in [0.15, 0.2) is 54.6 Å². The van der Waals surface area contributed by atoms with Gasteiger partial charge in [-0.1, -0.05) is 0 Å². The molecule has 1 unspecified atom stereocenters. The minimum Gasteiger partial charge on any atom is -1.00 e. The standard InChI is InChI=1S/C9H7.C7H8N.C2H7Si.2ClH.Hf/c1-2-5-9-7-3-6-8(9)4-1;1-6-3-2-4-7(8)5-6;1-3-2;;;/h1-7H;2-5,8H,1H3;3H,1-2H3;2*1H;/q;-1;;;;+3/p-2. The molecule has 5 heteroatoms. The zero-order valence-electron chi connectivity index (χ0n) is 13.7. The van der Waals surface area contributed by atoms with Crippen molar-refractivity contribution in [3.8, 4) is 0 Å². The first kappa shape index (κ1) is 20.7. The third-order valence-corrected chi connectivity index (χ3v) is 29.1. The van der Waals surface area contributed by atoms with Gasteiger partial charge in [-0.25, -0.2) is 0 Å². The predicted octanol–water partition coefficient (Wildman–Crippen LogP) is -1.30. The first-order chi connectivity index (χ1) is 10.1. The second-order valence-electron chi connectivity index (χ2n) is 6.07. The molecule has 0 radical (unpaired) electrons. The molecule has 3 rings (SSSR count). The van der Waals surface area contributed by atoms with E-state index in [0.29, 0.717) is 0 Å². The summed E-state index contributed by atoms with van der Waals surface area (Å²) in [6, 6.07) is 17.8. The van der Waals surface area contributed by atoms with Crippen molar-refractivity contribution in [3.63, 3.8) is 0 Å². The fourth-order valence-corrected chi connectivity index (χ4v) is 24.1. The predicted molar refractivity (Wildman–Crippen MR) is 91.9 cm³/mol. The number of hydrogen-bond acceptors (Lipinski definition) is 1. The first-order valence-electron chi connectivity index (χ1n) is 7.62. The van der Waals surface area contributed by atoms with Gasteiger partial charge in [-0.15, -0.1) is 0 Å². The third-order valence-electron chi connectivity index (χ3n) is 4.06. The van der Waals surface area contributed by atoms with Crippen molar-refractivity contribution in [1.29, 1.82) is 0 Å². The summed E-state index contributed by atoms with van der Waals surface area (Å²) in [6.45, 7) is 7.23. The normalized spacial score (nSPS) is 14.7.